The number of rotatable bonds is 2. The van der Waals surface area contributed by atoms with E-state index in [1.807, 2.05) is 0 Å². The summed E-state index contributed by atoms with van der Waals surface area (Å²) in [5, 5.41) is 9.39. The predicted molar refractivity (Wildman–Crippen MR) is 70.6 cm³/mol. The fraction of sp³-hybridized carbons (Fsp3) is 0.667. The molecular formula is C12H17N3O6. The molecule has 4 atom stereocenters. The van der Waals surface area contributed by atoms with Crippen molar-refractivity contribution >= 4 is 5.82 Å². The lowest BCUT2D eigenvalue weighted by atomic mass is 10.1. The number of hydrogen-bond acceptors (Lipinski definition) is 7. The van der Waals surface area contributed by atoms with E-state index in [1.165, 1.54) is 0 Å². The highest BCUT2D eigenvalue weighted by molar-refractivity contribution is 5.27. The number of aromatic amines is 1. The van der Waals surface area contributed by atoms with Gasteiger partial charge in [0.15, 0.2) is 12.0 Å². The van der Waals surface area contributed by atoms with Gasteiger partial charge in [0.05, 0.1) is 6.61 Å². The summed E-state index contributed by atoms with van der Waals surface area (Å²) in [5.74, 6) is -0.898. The van der Waals surface area contributed by atoms with E-state index >= 15 is 0 Å². The molecule has 9 heteroatoms. The number of hydrogen-bond donors (Lipinski definition) is 3. The summed E-state index contributed by atoms with van der Waals surface area (Å²) >= 11 is 0. The molecule has 0 radical (unpaired) electrons. The lowest BCUT2D eigenvalue weighted by Crippen LogP contribution is -2.39. The molecule has 4 unspecified atom stereocenters. The minimum Gasteiger partial charge on any atom is -0.394 e. The second kappa shape index (κ2) is 4.67. The van der Waals surface area contributed by atoms with Gasteiger partial charge in [-0.05, 0) is 13.8 Å². The van der Waals surface area contributed by atoms with Crippen molar-refractivity contribution in [1.29, 1.82) is 0 Å². The standard InChI is InChI=1S/C12H17N3O6/c1-12(2)20-8-5(4-16)19-10(9(8)21-12)15-6(13)3-7(17)14-11(15)18/h3,5,8-10,16H,4,13H2,1-2H3,(H,14,17,18). The van der Waals surface area contributed by atoms with Gasteiger partial charge in [-0.25, -0.2) is 4.79 Å². The Hall–Kier alpha value is -1.68. The summed E-state index contributed by atoms with van der Waals surface area (Å²) in [6.45, 7) is 3.18. The van der Waals surface area contributed by atoms with E-state index in [2.05, 4.69) is 4.98 Å². The second-order valence-electron chi connectivity index (χ2n) is 5.55. The maximum atomic E-state index is 12.0. The molecule has 3 heterocycles. The Morgan fingerprint density at radius 3 is 2.67 bits per heavy atom. The van der Waals surface area contributed by atoms with Gasteiger partial charge >= 0.3 is 5.69 Å². The number of nitrogens with two attached hydrogens (primary N) is 1. The molecule has 21 heavy (non-hydrogen) atoms. The quantitative estimate of drug-likeness (QED) is 0.608. The first-order chi connectivity index (χ1) is 9.82. The Morgan fingerprint density at radius 1 is 1.38 bits per heavy atom. The molecule has 4 N–H and O–H groups in total. The lowest BCUT2D eigenvalue weighted by molar-refractivity contribution is -0.200. The van der Waals surface area contributed by atoms with Gasteiger partial charge in [-0.1, -0.05) is 0 Å². The third kappa shape index (κ3) is 2.27. The molecule has 0 bridgehead atoms. The van der Waals surface area contributed by atoms with E-state index in [0.29, 0.717) is 0 Å². The zero-order valence-electron chi connectivity index (χ0n) is 11.6. The van der Waals surface area contributed by atoms with Crippen LogP contribution in [0.5, 0.6) is 0 Å². The third-order valence-corrected chi connectivity index (χ3v) is 3.57. The summed E-state index contributed by atoms with van der Waals surface area (Å²) in [6, 6.07) is 1.09. The molecule has 9 nitrogen and oxygen atoms in total. The second-order valence-corrected chi connectivity index (χ2v) is 5.55. The minimum atomic E-state index is -0.877. The largest absolute Gasteiger partial charge is 0.394 e. The van der Waals surface area contributed by atoms with Gasteiger partial charge in [-0.3, -0.25) is 14.3 Å². The molecular weight excluding hydrogens is 282 g/mol. The average molecular weight is 299 g/mol. The average Bonchev–Trinajstić information content (AvgIpc) is 2.82. The zero-order chi connectivity index (χ0) is 15.4. The van der Waals surface area contributed by atoms with E-state index in [1.54, 1.807) is 13.8 Å². The first-order valence-corrected chi connectivity index (χ1v) is 6.56. The van der Waals surface area contributed by atoms with E-state index in [0.717, 1.165) is 10.6 Å². The number of anilines is 1. The molecule has 0 saturated carbocycles. The lowest BCUT2D eigenvalue weighted by Gasteiger charge is -2.24. The van der Waals surface area contributed by atoms with Crippen LogP contribution >= 0.6 is 0 Å². The van der Waals surface area contributed by atoms with E-state index < -0.39 is 41.6 Å². The smallest absolute Gasteiger partial charge is 0.332 e. The maximum absolute atomic E-state index is 12.0. The SMILES string of the molecule is CC1(C)OC2C(CO)OC(n3c(N)cc(=O)[nH]c3=O)C2O1. The normalized spacial score (nSPS) is 34.0. The molecule has 2 aliphatic rings. The number of ether oxygens (including phenoxy) is 3. The number of fused-ring (bicyclic) bond motifs is 1. The zero-order valence-corrected chi connectivity index (χ0v) is 11.6. The predicted octanol–water partition coefficient (Wildman–Crippen LogP) is -1.47. The fourth-order valence-electron chi connectivity index (χ4n) is 2.80. The van der Waals surface area contributed by atoms with Gasteiger partial charge in [0.1, 0.15) is 24.1 Å². The number of aliphatic hydroxyl groups is 1. The van der Waals surface area contributed by atoms with E-state index in [4.69, 9.17) is 19.9 Å². The first-order valence-electron chi connectivity index (χ1n) is 6.56. The van der Waals surface area contributed by atoms with Crippen LogP contribution < -0.4 is 17.0 Å². The van der Waals surface area contributed by atoms with Crippen molar-refractivity contribution in [1.82, 2.24) is 9.55 Å². The Balaban J connectivity index is 2.04. The van der Waals surface area contributed by atoms with Crippen LogP contribution in [-0.2, 0) is 14.2 Å². The number of aliphatic hydroxyl groups excluding tert-OH is 1. The molecule has 116 valence electrons. The third-order valence-electron chi connectivity index (χ3n) is 3.57. The molecule has 1 aromatic rings. The number of nitrogen functional groups attached to an aromatic ring is 1. The van der Waals surface area contributed by atoms with E-state index in [-0.39, 0.29) is 12.4 Å². The van der Waals surface area contributed by atoms with Gasteiger partial charge in [-0.2, -0.15) is 0 Å². The molecule has 0 amide bonds. The topological polar surface area (TPSA) is 129 Å². The van der Waals surface area contributed by atoms with Crippen molar-refractivity contribution in [3.05, 3.63) is 26.9 Å². The Labute approximate surface area is 119 Å². The molecule has 0 spiro atoms. The summed E-state index contributed by atoms with van der Waals surface area (Å²) in [5.41, 5.74) is 4.45. The van der Waals surface area contributed by atoms with Crippen LogP contribution in [0.25, 0.3) is 0 Å². The van der Waals surface area contributed by atoms with Gasteiger partial charge in [0.2, 0.25) is 0 Å². The molecule has 2 aliphatic heterocycles. The van der Waals surface area contributed by atoms with Crippen molar-refractivity contribution in [3.8, 4) is 0 Å². The summed E-state index contributed by atoms with van der Waals surface area (Å²) in [4.78, 5) is 25.3. The van der Waals surface area contributed by atoms with E-state index in [9.17, 15) is 14.7 Å². The molecule has 0 aromatic carbocycles. The number of aromatic nitrogens is 2. The van der Waals surface area contributed by atoms with Crippen molar-refractivity contribution in [3.63, 3.8) is 0 Å². The summed E-state index contributed by atoms with van der Waals surface area (Å²) in [7, 11) is 0. The van der Waals surface area contributed by atoms with Gasteiger partial charge < -0.3 is 25.1 Å². The fourth-order valence-corrected chi connectivity index (χ4v) is 2.80. The molecule has 0 aliphatic carbocycles. The molecule has 2 saturated heterocycles. The highest BCUT2D eigenvalue weighted by Crippen LogP contribution is 2.42. The van der Waals surface area contributed by atoms with Crippen LogP contribution in [0.4, 0.5) is 5.82 Å². The van der Waals surface area contributed by atoms with Crippen LogP contribution in [0.2, 0.25) is 0 Å². The Bertz CT molecular complexity index is 666. The Morgan fingerprint density at radius 2 is 2.05 bits per heavy atom. The maximum Gasteiger partial charge on any atom is 0.332 e. The number of nitrogens with one attached hydrogen (secondary N) is 1. The van der Waals surface area contributed by atoms with Crippen LogP contribution in [0.1, 0.15) is 20.1 Å². The minimum absolute atomic E-state index is 0.0422. The summed E-state index contributed by atoms with van der Waals surface area (Å²) < 4.78 is 18.2. The molecule has 1 aromatic heterocycles. The highest BCUT2D eigenvalue weighted by atomic mass is 16.8. The van der Waals surface area contributed by atoms with Gasteiger partial charge in [-0.15, -0.1) is 0 Å². The van der Waals surface area contributed by atoms with Crippen LogP contribution in [0.3, 0.4) is 0 Å². The molecule has 3 rings (SSSR count). The van der Waals surface area contributed by atoms with Gasteiger partial charge in [0, 0.05) is 6.07 Å². The van der Waals surface area contributed by atoms with Crippen molar-refractivity contribution in [2.45, 2.75) is 44.2 Å². The van der Waals surface area contributed by atoms with Crippen LogP contribution in [0.15, 0.2) is 15.7 Å². The van der Waals surface area contributed by atoms with Gasteiger partial charge in [0.25, 0.3) is 5.56 Å². The van der Waals surface area contributed by atoms with Crippen molar-refractivity contribution in [2.24, 2.45) is 0 Å². The first kappa shape index (κ1) is 14.3. The highest BCUT2D eigenvalue weighted by Gasteiger charge is 2.56. The van der Waals surface area contributed by atoms with Crippen LogP contribution in [0, 0.1) is 0 Å². The monoisotopic (exact) mass is 299 g/mol. The number of H-pyrrole nitrogens is 1. The van der Waals surface area contributed by atoms with Crippen LogP contribution in [-0.4, -0.2) is 45.4 Å². The van der Waals surface area contributed by atoms with Crippen molar-refractivity contribution < 1.29 is 19.3 Å². The Kier molecular flexibility index (Phi) is 3.17. The summed E-state index contributed by atoms with van der Waals surface area (Å²) in [6.07, 6.45) is -2.64. The molecule has 2 fully saturated rings. The van der Waals surface area contributed by atoms with Crippen molar-refractivity contribution in [2.75, 3.05) is 12.3 Å². The number of nitrogens with zero attached hydrogens (tertiary/aromatic N) is 1.